The van der Waals surface area contributed by atoms with Crippen LogP contribution in [0.3, 0.4) is 0 Å². The lowest BCUT2D eigenvalue weighted by Crippen LogP contribution is -2.00. The van der Waals surface area contributed by atoms with Crippen LogP contribution in [0.25, 0.3) is 0 Å². The average molecular weight is 289 g/mol. The summed E-state index contributed by atoms with van der Waals surface area (Å²) in [6.45, 7) is 4.15. The van der Waals surface area contributed by atoms with Crippen LogP contribution >= 0.6 is 11.8 Å². The number of hydrogen-bond acceptors (Lipinski definition) is 4. The van der Waals surface area contributed by atoms with Gasteiger partial charge in [-0.25, -0.2) is 4.79 Å². The molecule has 1 aromatic heterocycles. The minimum Gasteiger partial charge on any atom is -0.475 e. The zero-order valence-electron chi connectivity index (χ0n) is 10.8. The van der Waals surface area contributed by atoms with E-state index in [9.17, 15) is 4.79 Å². The van der Waals surface area contributed by atoms with Gasteiger partial charge in [0.1, 0.15) is 5.76 Å². The number of para-hydroxylation sites is 1. The summed E-state index contributed by atoms with van der Waals surface area (Å²) in [5, 5.41) is 12.0. The van der Waals surface area contributed by atoms with E-state index >= 15 is 0 Å². The second-order valence-corrected chi connectivity index (χ2v) is 5.08. The third-order valence-electron chi connectivity index (χ3n) is 2.57. The average Bonchev–Trinajstić information content (AvgIpc) is 2.93. The van der Waals surface area contributed by atoms with Gasteiger partial charge in [0.15, 0.2) is 0 Å². The summed E-state index contributed by atoms with van der Waals surface area (Å²) in [4.78, 5) is 11.9. The number of furan rings is 1. The third-order valence-corrected chi connectivity index (χ3v) is 3.64. The first kappa shape index (κ1) is 14.3. The number of hydrogen-bond donors (Lipinski definition) is 2. The van der Waals surface area contributed by atoms with Crippen molar-refractivity contribution in [1.82, 2.24) is 0 Å². The van der Waals surface area contributed by atoms with E-state index in [1.54, 1.807) is 17.8 Å². The van der Waals surface area contributed by atoms with E-state index in [1.807, 2.05) is 30.3 Å². The van der Waals surface area contributed by atoms with E-state index in [4.69, 9.17) is 9.52 Å². The topological polar surface area (TPSA) is 62.5 Å². The fourth-order valence-corrected chi connectivity index (χ4v) is 2.43. The summed E-state index contributed by atoms with van der Waals surface area (Å²) < 4.78 is 5.20. The molecule has 0 aliphatic heterocycles. The van der Waals surface area contributed by atoms with E-state index in [2.05, 4.69) is 11.9 Å². The molecule has 0 aliphatic rings. The summed E-state index contributed by atoms with van der Waals surface area (Å²) in [6.07, 6.45) is 1.85. The fraction of sp³-hybridized carbons (Fsp3) is 0.133. The number of carbonyl (C=O) groups is 1. The lowest BCUT2D eigenvalue weighted by Gasteiger charge is -2.09. The van der Waals surface area contributed by atoms with Crippen LogP contribution in [0.15, 0.2) is 58.4 Å². The highest BCUT2D eigenvalue weighted by Gasteiger charge is 2.09. The van der Waals surface area contributed by atoms with Gasteiger partial charge < -0.3 is 14.8 Å². The van der Waals surface area contributed by atoms with Crippen LogP contribution < -0.4 is 5.32 Å². The van der Waals surface area contributed by atoms with Crippen LogP contribution in [0, 0.1) is 0 Å². The fourth-order valence-electron chi connectivity index (χ4n) is 1.66. The molecule has 4 nitrogen and oxygen atoms in total. The Balaban J connectivity index is 2.02. The van der Waals surface area contributed by atoms with Gasteiger partial charge in [0.05, 0.1) is 6.54 Å². The van der Waals surface area contributed by atoms with Gasteiger partial charge in [0.25, 0.3) is 0 Å². The Kier molecular flexibility index (Phi) is 4.90. The monoisotopic (exact) mass is 289 g/mol. The highest BCUT2D eigenvalue weighted by Crippen LogP contribution is 2.27. The van der Waals surface area contributed by atoms with Crippen molar-refractivity contribution in [2.75, 3.05) is 11.1 Å². The van der Waals surface area contributed by atoms with Crippen LogP contribution in [0.2, 0.25) is 0 Å². The first-order valence-corrected chi connectivity index (χ1v) is 7.08. The SMILES string of the molecule is C=CCSc1ccccc1NCc1ccc(C(=O)O)o1. The Morgan fingerprint density at radius 2 is 2.15 bits per heavy atom. The van der Waals surface area contributed by atoms with Crippen molar-refractivity contribution in [1.29, 1.82) is 0 Å². The number of nitrogens with one attached hydrogen (secondary N) is 1. The van der Waals surface area contributed by atoms with Crippen molar-refractivity contribution in [3.63, 3.8) is 0 Å². The van der Waals surface area contributed by atoms with Crippen molar-refractivity contribution >= 4 is 23.4 Å². The molecule has 0 bridgehead atoms. The standard InChI is InChI=1S/C15H15NO3S/c1-2-9-20-14-6-4-3-5-12(14)16-10-11-7-8-13(19-11)15(17)18/h2-8,16H,1,9-10H2,(H,17,18). The predicted octanol–water partition coefficient (Wildman–Crippen LogP) is 3.87. The maximum atomic E-state index is 10.7. The second-order valence-electron chi connectivity index (χ2n) is 4.02. The molecule has 0 spiro atoms. The summed E-state index contributed by atoms with van der Waals surface area (Å²) in [5.74, 6) is 0.322. The Bertz CT molecular complexity index is 607. The lowest BCUT2D eigenvalue weighted by molar-refractivity contribution is 0.0660. The number of thioether (sulfide) groups is 1. The Morgan fingerprint density at radius 1 is 1.35 bits per heavy atom. The molecule has 0 amide bonds. The molecule has 20 heavy (non-hydrogen) atoms. The van der Waals surface area contributed by atoms with E-state index in [1.165, 1.54) is 6.07 Å². The molecule has 2 rings (SSSR count). The molecule has 5 heteroatoms. The van der Waals surface area contributed by atoms with Crippen molar-refractivity contribution in [2.24, 2.45) is 0 Å². The van der Waals surface area contributed by atoms with Crippen LogP contribution in [-0.2, 0) is 6.54 Å². The van der Waals surface area contributed by atoms with Crippen molar-refractivity contribution in [3.05, 3.63) is 60.6 Å². The number of carboxylic acid groups (broad SMARTS) is 1. The number of anilines is 1. The van der Waals surface area contributed by atoms with E-state index in [-0.39, 0.29) is 5.76 Å². The number of carboxylic acids is 1. The molecular formula is C15H15NO3S. The van der Waals surface area contributed by atoms with Crippen molar-refractivity contribution < 1.29 is 14.3 Å². The van der Waals surface area contributed by atoms with E-state index in [0.717, 1.165) is 16.3 Å². The lowest BCUT2D eigenvalue weighted by atomic mass is 10.3. The molecule has 0 aliphatic carbocycles. The van der Waals surface area contributed by atoms with Gasteiger partial charge in [-0.15, -0.1) is 18.3 Å². The van der Waals surface area contributed by atoms with Crippen molar-refractivity contribution in [2.45, 2.75) is 11.4 Å². The molecule has 104 valence electrons. The molecule has 0 radical (unpaired) electrons. The first-order chi connectivity index (χ1) is 9.70. The largest absolute Gasteiger partial charge is 0.475 e. The summed E-state index contributed by atoms with van der Waals surface area (Å²) in [6, 6.07) is 11.1. The normalized spacial score (nSPS) is 10.2. The number of rotatable bonds is 7. The molecular weight excluding hydrogens is 274 g/mol. The molecule has 2 N–H and O–H groups in total. The van der Waals surface area contributed by atoms with Crippen molar-refractivity contribution in [3.8, 4) is 0 Å². The molecule has 0 saturated carbocycles. The predicted molar refractivity (Wildman–Crippen MR) is 80.4 cm³/mol. The Labute approximate surface area is 121 Å². The van der Waals surface area contributed by atoms with Crippen LogP contribution in [0.5, 0.6) is 0 Å². The highest BCUT2D eigenvalue weighted by atomic mass is 32.2. The molecule has 0 unspecified atom stereocenters. The maximum absolute atomic E-state index is 10.7. The van der Waals surface area contributed by atoms with Gasteiger partial charge in [0, 0.05) is 16.3 Å². The number of aromatic carboxylic acids is 1. The minimum absolute atomic E-state index is 0.0453. The second kappa shape index (κ2) is 6.86. The van der Waals surface area contributed by atoms with Crippen LogP contribution in [-0.4, -0.2) is 16.8 Å². The van der Waals surface area contributed by atoms with E-state index in [0.29, 0.717) is 12.3 Å². The molecule has 0 atom stereocenters. The van der Waals surface area contributed by atoms with Gasteiger partial charge in [-0.1, -0.05) is 18.2 Å². The Morgan fingerprint density at radius 3 is 2.85 bits per heavy atom. The quantitative estimate of drug-likeness (QED) is 0.598. The Hall–Kier alpha value is -2.14. The summed E-state index contributed by atoms with van der Waals surface area (Å²) in [7, 11) is 0. The molecule has 1 aromatic carbocycles. The first-order valence-electron chi connectivity index (χ1n) is 6.09. The zero-order chi connectivity index (χ0) is 14.4. The molecule has 1 heterocycles. The minimum atomic E-state index is -1.06. The van der Waals surface area contributed by atoms with Gasteiger partial charge in [-0.2, -0.15) is 0 Å². The van der Waals surface area contributed by atoms with Gasteiger partial charge in [0.2, 0.25) is 5.76 Å². The van der Waals surface area contributed by atoms with Crippen LogP contribution in [0.1, 0.15) is 16.3 Å². The molecule has 0 saturated heterocycles. The van der Waals surface area contributed by atoms with Gasteiger partial charge in [-0.3, -0.25) is 0 Å². The molecule has 2 aromatic rings. The van der Waals surface area contributed by atoms with E-state index < -0.39 is 5.97 Å². The smallest absolute Gasteiger partial charge is 0.371 e. The molecule has 0 fully saturated rings. The maximum Gasteiger partial charge on any atom is 0.371 e. The summed E-state index contributed by atoms with van der Waals surface area (Å²) >= 11 is 1.69. The van der Waals surface area contributed by atoms with Crippen LogP contribution in [0.4, 0.5) is 5.69 Å². The zero-order valence-corrected chi connectivity index (χ0v) is 11.7. The highest BCUT2D eigenvalue weighted by molar-refractivity contribution is 7.99. The van der Waals surface area contributed by atoms with Gasteiger partial charge in [-0.05, 0) is 24.3 Å². The van der Waals surface area contributed by atoms with Gasteiger partial charge >= 0.3 is 5.97 Å². The third kappa shape index (κ3) is 3.68. The number of benzene rings is 1. The summed E-state index contributed by atoms with van der Waals surface area (Å²) in [5.41, 5.74) is 0.993.